The Balaban J connectivity index is 2.76. The molecule has 0 fully saturated rings. The molecule has 0 radical (unpaired) electrons. The van der Waals surface area contributed by atoms with E-state index in [9.17, 15) is 9.18 Å². The lowest BCUT2D eigenvalue weighted by atomic mass is 10.1. The summed E-state index contributed by atoms with van der Waals surface area (Å²) in [5.41, 5.74) is 0.475. The summed E-state index contributed by atoms with van der Waals surface area (Å²) in [5, 5.41) is 0. The molecule has 3 heteroatoms. The first-order valence-electron chi connectivity index (χ1n) is 5.08. The van der Waals surface area contributed by atoms with Crippen LogP contribution >= 0.6 is 0 Å². The van der Waals surface area contributed by atoms with Gasteiger partial charge in [0.15, 0.2) is 17.3 Å². The van der Waals surface area contributed by atoms with Gasteiger partial charge in [0.05, 0.1) is 6.61 Å². The van der Waals surface area contributed by atoms with Crippen molar-refractivity contribution in [1.29, 1.82) is 0 Å². The maximum absolute atomic E-state index is 13.2. The summed E-state index contributed by atoms with van der Waals surface area (Å²) in [7, 11) is 0. The largest absolute Gasteiger partial charge is 0.490 e. The molecule has 0 amide bonds. The molecular weight excluding hydrogens is 195 g/mol. The van der Waals surface area contributed by atoms with E-state index < -0.39 is 5.82 Å². The van der Waals surface area contributed by atoms with Crippen LogP contribution in [0.1, 0.15) is 37.0 Å². The number of carbonyl (C=O) groups is 1. The van der Waals surface area contributed by atoms with Gasteiger partial charge in [-0.1, -0.05) is 13.3 Å². The molecular formula is C12H15FO2. The average molecular weight is 210 g/mol. The van der Waals surface area contributed by atoms with Crippen LogP contribution in [-0.4, -0.2) is 12.4 Å². The summed E-state index contributed by atoms with van der Waals surface area (Å²) in [6.07, 6.45) is 1.87. The standard InChI is InChI=1S/C12H15FO2/c1-3-4-7-15-12-8-10(9(2)14)5-6-11(12)13/h5-6,8H,3-4,7H2,1-2H3. The Bertz CT molecular complexity index is 347. The molecule has 2 nitrogen and oxygen atoms in total. The second-order valence-corrected chi connectivity index (χ2v) is 3.40. The van der Waals surface area contributed by atoms with Crippen molar-refractivity contribution in [3.05, 3.63) is 29.6 Å². The Labute approximate surface area is 89.1 Å². The molecule has 1 aromatic rings. The molecule has 0 aliphatic heterocycles. The van der Waals surface area contributed by atoms with Crippen LogP contribution in [0.4, 0.5) is 4.39 Å². The molecule has 1 rings (SSSR count). The smallest absolute Gasteiger partial charge is 0.165 e. The van der Waals surface area contributed by atoms with Crippen molar-refractivity contribution in [1.82, 2.24) is 0 Å². The van der Waals surface area contributed by atoms with E-state index in [1.165, 1.54) is 25.1 Å². The number of ketones is 1. The maximum Gasteiger partial charge on any atom is 0.165 e. The Hall–Kier alpha value is -1.38. The Morgan fingerprint density at radius 2 is 2.20 bits per heavy atom. The van der Waals surface area contributed by atoms with Crippen LogP contribution < -0.4 is 4.74 Å². The minimum Gasteiger partial charge on any atom is -0.490 e. The van der Waals surface area contributed by atoms with E-state index in [4.69, 9.17) is 4.74 Å². The molecule has 0 atom stereocenters. The fourth-order valence-electron chi connectivity index (χ4n) is 1.16. The van der Waals surface area contributed by atoms with Gasteiger partial charge in [-0.25, -0.2) is 4.39 Å². The molecule has 15 heavy (non-hydrogen) atoms. The summed E-state index contributed by atoms with van der Waals surface area (Å²) < 4.78 is 18.5. The zero-order valence-corrected chi connectivity index (χ0v) is 9.05. The zero-order valence-electron chi connectivity index (χ0n) is 9.05. The molecule has 0 aliphatic carbocycles. The minimum absolute atomic E-state index is 0.0876. The summed E-state index contributed by atoms with van der Waals surface area (Å²) in [4.78, 5) is 11.1. The predicted octanol–water partition coefficient (Wildman–Crippen LogP) is 3.21. The Kier molecular flexibility index (Phi) is 4.28. The van der Waals surface area contributed by atoms with Crippen molar-refractivity contribution < 1.29 is 13.9 Å². The highest BCUT2D eigenvalue weighted by Gasteiger charge is 2.07. The Morgan fingerprint density at radius 3 is 2.80 bits per heavy atom. The van der Waals surface area contributed by atoms with Crippen LogP contribution in [0.15, 0.2) is 18.2 Å². The fraction of sp³-hybridized carbons (Fsp3) is 0.417. The zero-order chi connectivity index (χ0) is 11.3. The second-order valence-electron chi connectivity index (χ2n) is 3.40. The van der Waals surface area contributed by atoms with E-state index in [-0.39, 0.29) is 11.5 Å². The van der Waals surface area contributed by atoms with Gasteiger partial charge in [-0.2, -0.15) is 0 Å². The normalized spacial score (nSPS) is 10.1. The molecule has 0 spiro atoms. The Morgan fingerprint density at radius 1 is 1.47 bits per heavy atom. The third-order valence-electron chi connectivity index (χ3n) is 2.09. The van der Waals surface area contributed by atoms with Gasteiger partial charge in [-0.3, -0.25) is 4.79 Å². The van der Waals surface area contributed by atoms with Crippen LogP contribution in [0.5, 0.6) is 5.75 Å². The van der Waals surface area contributed by atoms with Crippen LogP contribution in [0.25, 0.3) is 0 Å². The number of carbonyl (C=O) groups excluding carboxylic acids is 1. The fourth-order valence-corrected chi connectivity index (χ4v) is 1.16. The highest BCUT2D eigenvalue weighted by atomic mass is 19.1. The van der Waals surface area contributed by atoms with Crippen LogP contribution in [-0.2, 0) is 0 Å². The van der Waals surface area contributed by atoms with Crippen molar-refractivity contribution in [3.8, 4) is 5.75 Å². The van der Waals surface area contributed by atoms with Gasteiger partial charge in [-0.05, 0) is 31.5 Å². The molecule has 0 aromatic heterocycles. The van der Waals surface area contributed by atoms with Crippen molar-refractivity contribution in [2.75, 3.05) is 6.61 Å². The predicted molar refractivity (Wildman–Crippen MR) is 56.8 cm³/mol. The van der Waals surface area contributed by atoms with E-state index in [0.29, 0.717) is 12.2 Å². The molecule has 0 unspecified atom stereocenters. The van der Waals surface area contributed by atoms with Gasteiger partial charge < -0.3 is 4.74 Å². The number of hydrogen-bond donors (Lipinski definition) is 0. The molecule has 0 aliphatic rings. The number of halogens is 1. The molecule has 0 saturated carbocycles. The van der Waals surface area contributed by atoms with Crippen molar-refractivity contribution in [2.45, 2.75) is 26.7 Å². The second kappa shape index (κ2) is 5.49. The van der Waals surface area contributed by atoms with E-state index in [1.54, 1.807) is 0 Å². The van der Waals surface area contributed by atoms with Crippen LogP contribution in [0, 0.1) is 5.82 Å². The number of hydrogen-bond acceptors (Lipinski definition) is 2. The summed E-state index contributed by atoms with van der Waals surface area (Å²) in [6, 6.07) is 4.18. The third-order valence-corrected chi connectivity index (χ3v) is 2.09. The van der Waals surface area contributed by atoms with Crippen LogP contribution in [0.2, 0.25) is 0 Å². The first-order chi connectivity index (χ1) is 7.15. The van der Waals surface area contributed by atoms with Gasteiger partial charge in [0.25, 0.3) is 0 Å². The van der Waals surface area contributed by atoms with Gasteiger partial charge in [-0.15, -0.1) is 0 Å². The molecule has 82 valence electrons. The highest BCUT2D eigenvalue weighted by molar-refractivity contribution is 5.94. The number of benzene rings is 1. The van der Waals surface area contributed by atoms with E-state index in [2.05, 4.69) is 0 Å². The SMILES string of the molecule is CCCCOc1cc(C(C)=O)ccc1F. The lowest BCUT2D eigenvalue weighted by Gasteiger charge is -2.07. The van der Waals surface area contributed by atoms with Crippen molar-refractivity contribution in [3.63, 3.8) is 0 Å². The van der Waals surface area contributed by atoms with Gasteiger partial charge in [0.2, 0.25) is 0 Å². The summed E-state index contributed by atoms with van der Waals surface area (Å²) in [5.74, 6) is -0.345. The number of Topliss-reactive ketones (excluding diaryl/α,β-unsaturated/α-hetero) is 1. The maximum atomic E-state index is 13.2. The molecule has 0 N–H and O–H groups in total. The molecule has 0 heterocycles. The van der Waals surface area contributed by atoms with Gasteiger partial charge in [0.1, 0.15) is 0 Å². The van der Waals surface area contributed by atoms with Crippen molar-refractivity contribution in [2.24, 2.45) is 0 Å². The summed E-state index contributed by atoms with van der Waals surface area (Å²) >= 11 is 0. The minimum atomic E-state index is -0.420. The third kappa shape index (κ3) is 3.35. The quantitative estimate of drug-likeness (QED) is 0.551. The lowest BCUT2D eigenvalue weighted by Crippen LogP contribution is -2.01. The lowest BCUT2D eigenvalue weighted by molar-refractivity contribution is 0.101. The highest BCUT2D eigenvalue weighted by Crippen LogP contribution is 2.19. The average Bonchev–Trinajstić information content (AvgIpc) is 2.20. The van der Waals surface area contributed by atoms with Gasteiger partial charge >= 0.3 is 0 Å². The van der Waals surface area contributed by atoms with E-state index in [0.717, 1.165) is 12.8 Å². The van der Waals surface area contributed by atoms with E-state index in [1.807, 2.05) is 6.92 Å². The molecule has 0 saturated heterocycles. The topological polar surface area (TPSA) is 26.3 Å². The number of rotatable bonds is 5. The first kappa shape index (κ1) is 11.7. The van der Waals surface area contributed by atoms with Crippen molar-refractivity contribution >= 4 is 5.78 Å². The van der Waals surface area contributed by atoms with Crippen LogP contribution in [0.3, 0.4) is 0 Å². The molecule has 0 bridgehead atoms. The number of unbranched alkanes of at least 4 members (excludes halogenated alkanes) is 1. The molecule has 1 aromatic carbocycles. The number of ether oxygens (including phenoxy) is 1. The van der Waals surface area contributed by atoms with Gasteiger partial charge in [0, 0.05) is 5.56 Å². The first-order valence-corrected chi connectivity index (χ1v) is 5.08. The monoisotopic (exact) mass is 210 g/mol. The summed E-state index contributed by atoms with van der Waals surface area (Å²) in [6.45, 7) is 3.96. The van der Waals surface area contributed by atoms with E-state index >= 15 is 0 Å².